The van der Waals surface area contributed by atoms with E-state index in [1.54, 1.807) is 12.5 Å². The molecule has 6 rings (SSSR count). The minimum atomic E-state index is 0.547. The molecule has 0 saturated carbocycles. The standard InChI is InChI=1S/C28H27N5O2/c1-2-15-32(14-1)16-18-35-25-11-9-24(10-12-25)29-28-30-27-8-4-7-26(33(27)31-28)22-6-3-5-21(19-22)23-13-17-34-20-23/h3-13,17,19-20H,1-2,14-16,18H2,(H,29,31). The minimum Gasteiger partial charge on any atom is -0.492 e. The summed E-state index contributed by atoms with van der Waals surface area (Å²) in [5.41, 5.74) is 5.85. The van der Waals surface area contributed by atoms with Gasteiger partial charge in [-0.1, -0.05) is 24.3 Å². The van der Waals surface area contributed by atoms with Gasteiger partial charge in [-0.3, -0.25) is 4.90 Å². The van der Waals surface area contributed by atoms with E-state index < -0.39 is 0 Å². The fourth-order valence-electron chi connectivity index (χ4n) is 4.53. The van der Waals surface area contributed by atoms with Crippen molar-refractivity contribution in [2.24, 2.45) is 0 Å². The second-order valence-corrected chi connectivity index (χ2v) is 8.76. The van der Waals surface area contributed by atoms with Crippen molar-refractivity contribution in [1.82, 2.24) is 19.5 Å². The van der Waals surface area contributed by atoms with Crippen molar-refractivity contribution in [3.05, 3.63) is 85.3 Å². The maximum Gasteiger partial charge on any atom is 0.247 e. The molecule has 35 heavy (non-hydrogen) atoms. The van der Waals surface area contributed by atoms with Gasteiger partial charge in [-0.2, -0.15) is 4.98 Å². The number of aromatic nitrogens is 3. The number of hydrogen-bond donors (Lipinski definition) is 1. The SMILES string of the molecule is c1cc(-c2ccoc2)cc(-c2cccc3nc(Nc4ccc(OCCN5CCCC5)cc4)nn23)c1. The smallest absolute Gasteiger partial charge is 0.247 e. The van der Waals surface area contributed by atoms with Crippen molar-refractivity contribution in [3.63, 3.8) is 0 Å². The van der Waals surface area contributed by atoms with Crippen molar-refractivity contribution < 1.29 is 9.15 Å². The molecule has 0 aliphatic carbocycles. The van der Waals surface area contributed by atoms with Gasteiger partial charge in [-0.05, 0) is 80.0 Å². The molecule has 1 aliphatic rings. The van der Waals surface area contributed by atoms with Crippen LogP contribution in [0.3, 0.4) is 0 Å². The molecule has 0 spiro atoms. The average Bonchev–Trinajstić information content (AvgIpc) is 3.67. The number of nitrogens with zero attached hydrogens (tertiary/aromatic N) is 4. The summed E-state index contributed by atoms with van der Waals surface area (Å²) < 4.78 is 13.0. The molecule has 3 aromatic heterocycles. The third-order valence-corrected chi connectivity index (χ3v) is 6.36. The molecular formula is C28H27N5O2. The summed E-state index contributed by atoms with van der Waals surface area (Å²) in [5.74, 6) is 1.42. The fraction of sp³-hybridized carbons (Fsp3) is 0.214. The number of rotatable bonds is 8. The van der Waals surface area contributed by atoms with Gasteiger partial charge < -0.3 is 14.5 Å². The van der Waals surface area contributed by atoms with Crippen LogP contribution in [0.4, 0.5) is 11.6 Å². The maximum absolute atomic E-state index is 5.91. The third kappa shape index (κ3) is 4.76. The zero-order valence-corrected chi connectivity index (χ0v) is 19.4. The molecule has 4 heterocycles. The van der Waals surface area contributed by atoms with Crippen molar-refractivity contribution in [3.8, 4) is 28.1 Å². The fourth-order valence-corrected chi connectivity index (χ4v) is 4.53. The summed E-state index contributed by atoms with van der Waals surface area (Å²) in [6, 6.07) is 24.2. The molecule has 1 aliphatic heterocycles. The third-order valence-electron chi connectivity index (χ3n) is 6.36. The van der Waals surface area contributed by atoms with Gasteiger partial charge in [0, 0.05) is 23.4 Å². The largest absolute Gasteiger partial charge is 0.492 e. The Hall–Kier alpha value is -4.10. The number of likely N-dealkylation sites (tertiary alicyclic amines) is 1. The highest BCUT2D eigenvalue weighted by atomic mass is 16.5. The summed E-state index contributed by atoms with van der Waals surface area (Å²) in [7, 11) is 0. The Morgan fingerprint density at radius 3 is 2.54 bits per heavy atom. The number of fused-ring (bicyclic) bond motifs is 1. The van der Waals surface area contributed by atoms with Crippen LogP contribution in [0.2, 0.25) is 0 Å². The second-order valence-electron chi connectivity index (χ2n) is 8.76. The summed E-state index contributed by atoms with van der Waals surface area (Å²) in [5, 5.41) is 8.05. The summed E-state index contributed by atoms with van der Waals surface area (Å²) in [6.07, 6.45) is 6.04. The van der Waals surface area contributed by atoms with E-state index in [1.165, 1.54) is 25.9 Å². The lowest BCUT2D eigenvalue weighted by molar-refractivity contribution is 0.238. The molecule has 0 unspecified atom stereocenters. The first-order chi connectivity index (χ1) is 17.3. The lowest BCUT2D eigenvalue weighted by Crippen LogP contribution is -2.25. The van der Waals surface area contributed by atoms with Crippen LogP contribution in [0.15, 0.2) is 89.7 Å². The summed E-state index contributed by atoms with van der Waals surface area (Å²) >= 11 is 0. The quantitative estimate of drug-likeness (QED) is 0.309. The predicted molar refractivity (Wildman–Crippen MR) is 137 cm³/mol. The zero-order valence-electron chi connectivity index (χ0n) is 19.4. The normalized spacial score (nSPS) is 13.9. The van der Waals surface area contributed by atoms with E-state index in [2.05, 4.69) is 33.4 Å². The van der Waals surface area contributed by atoms with E-state index in [-0.39, 0.29) is 0 Å². The van der Waals surface area contributed by atoms with Crippen molar-refractivity contribution >= 4 is 17.3 Å². The number of benzene rings is 2. The van der Waals surface area contributed by atoms with Crippen LogP contribution in [-0.2, 0) is 0 Å². The highest BCUT2D eigenvalue weighted by molar-refractivity contribution is 5.72. The van der Waals surface area contributed by atoms with E-state index in [0.29, 0.717) is 12.6 Å². The van der Waals surface area contributed by atoms with Crippen LogP contribution < -0.4 is 10.1 Å². The highest BCUT2D eigenvalue weighted by Gasteiger charge is 2.12. The van der Waals surface area contributed by atoms with Crippen molar-refractivity contribution in [1.29, 1.82) is 0 Å². The Balaban J connectivity index is 1.17. The minimum absolute atomic E-state index is 0.547. The molecule has 0 atom stereocenters. The number of ether oxygens (including phenoxy) is 1. The number of pyridine rings is 1. The van der Waals surface area contributed by atoms with E-state index in [4.69, 9.17) is 14.3 Å². The number of nitrogens with one attached hydrogen (secondary N) is 1. The Labute approximate surface area is 204 Å². The van der Waals surface area contributed by atoms with Crippen LogP contribution in [-0.4, -0.2) is 45.7 Å². The Kier molecular flexibility index (Phi) is 5.90. The van der Waals surface area contributed by atoms with Crippen LogP contribution in [0, 0.1) is 0 Å². The van der Waals surface area contributed by atoms with Crippen LogP contribution in [0.5, 0.6) is 5.75 Å². The number of furan rings is 1. The zero-order chi connectivity index (χ0) is 23.5. The molecule has 0 amide bonds. The molecule has 0 radical (unpaired) electrons. The van der Waals surface area contributed by atoms with Crippen molar-refractivity contribution in [2.45, 2.75) is 12.8 Å². The van der Waals surface area contributed by atoms with E-state index in [9.17, 15) is 0 Å². The van der Waals surface area contributed by atoms with Gasteiger partial charge in [0.25, 0.3) is 0 Å². The number of anilines is 2. The molecule has 7 heteroatoms. The first-order valence-electron chi connectivity index (χ1n) is 12.0. The average molecular weight is 466 g/mol. The molecule has 1 saturated heterocycles. The van der Waals surface area contributed by atoms with E-state index in [0.717, 1.165) is 46.0 Å². The monoisotopic (exact) mass is 465 g/mol. The maximum atomic E-state index is 5.91. The van der Waals surface area contributed by atoms with E-state index in [1.807, 2.05) is 59.1 Å². The predicted octanol–water partition coefficient (Wildman–Crippen LogP) is 5.87. The molecular weight excluding hydrogens is 438 g/mol. The summed E-state index contributed by atoms with van der Waals surface area (Å²) in [4.78, 5) is 7.12. The molecule has 1 N–H and O–H groups in total. The first-order valence-corrected chi connectivity index (χ1v) is 12.0. The van der Waals surface area contributed by atoms with Crippen LogP contribution >= 0.6 is 0 Å². The van der Waals surface area contributed by atoms with Gasteiger partial charge in [0.05, 0.1) is 18.2 Å². The van der Waals surface area contributed by atoms with Gasteiger partial charge >= 0.3 is 0 Å². The van der Waals surface area contributed by atoms with Gasteiger partial charge in [-0.15, -0.1) is 5.10 Å². The molecule has 5 aromatic rings. The Morgan fingerprint density at radius 1 is 0.886 bits per heavy atom. The molecule has 2 aromatic carbocycles. The van der Waals surface area contributed by atoms with Gasteiger partial charge in [0.1, 0.15) is 12.4 Å². The first kappa shape index (κ1) is 21.4. The summed E-state index contributed by atoms with van der Waals surface area (Å²) in [6.45, 7) is 4.08. The molecule has 1 fully saturated rings. The lowest BCUT2D eigenvalue weighted by atomic mass is 10.0. The molecule has 0 bridgehead atoms. The van der Waals surface area contributed by atoms with Gasteiger partial charge in [0.2, 0.25) is 5.95 Å². The molecule has 176 valence electrons. The number of hydrogen-bond acceptors (Lipinski definition) is 6. The van der Waals surface area contributed by atoms with Gasteiger partial charge in [0.15, 0.2) is 5.65 Å². The van der Waals surface area contributed by atoms with Crippen LogP contribution in [0.1, 0.15) is 12.8 Å². The van der Waals surface area contributed by atoms with Gasteiger partial charge in [-0.25, -0.2) is 4.52 Å². The highest BCUT2D eigenvalue weighted by Crippen LogP contribution is 2.27. The molecule has 7 nitrogen and oxygen atoms in total. The Morgan fingerprint density at radius 2 is 1.71 bits per heavy atom. The van der Waals surface area contributed by atoms with E-state index >= 15 is 0 Å². The lowest BCUT2D eigenvalue weighted by Gasteiger charge is -2.15. The van der Waals surface area contributed by atoms with Crippen LogP contribution in [0.25, 0.3) is 28.0 Å². The topological polar surface area (TPSA) is 67.8 Å². The van der Waals surface area contributed by atoms with Crippen molar-refractivity contribution in [2.75, 3.05) is 31.6 Å². The Bertz CT molecular complexity index is 1400. The second kappa shape index (κ2) is 9.64.